The zero-order valence-electron chi connectivity index (χ0n) is 15.7. The largest absolute Gasteiger partial charge is 0.352 e. The van der Waals surface area contributed by atoms with E-state index in [2.05, 4.69) is 43.2 Å². The quantitative estimate of drug-likeness (QED) is 0.727. The van der Waals surface area contributed by atoms with Gasteiger partial charge in [-0.3, -0.25) is 9.36 Å². The first kappa shape index (κ1) is 18.5. The van der Waals surface area contributed by atoms with Crippen LogP contribution in [0.2, 0.25) is 0 Å². The molecule has 0 unspecified atom stereocenters. The summed E-state index contributed by atoms with van der Waals surface area (Å²) in [6.45, 7) is 9.76. The normalized spacial score (nSPS) is 29.9. The predicted molar refractivity (Wildman–Crippen MR) is 99.6 cm³/mol. The molecule has 0 saturated heterocycles. The van der Waals surface area contributed by atoms with Gasteiger partial charge >= 0.3 is 5.69 Å². The summed E-state index contributed by atoms with van der Waals surface area (Å²) in [5.74, 6) is 1.05. The minimum absolute atomic E-state index is 0.0389. The van der Waals surface area contributed by atoms with Gasteiger partial charge in [0.05, 0.1) is 5.75 Å². The van der Waals surface area contributed by atoms with Crippen molar-refractivity contribution >= 4 is 17.7 Å². The van der Waals surface area contributed by atoms with E-state index >= 15 is 0 Å². The number of hydrogen-bond donors (Lipinski definition) is 2. The zero-order valence-corrected chi connectivity index (χ0v) is 16.5. The molecule has 3 atom stereocenters. The molecule has 140 valence electrons. The number of unbranched alkanes of at least 4 members (excludes halogenated alkanes) is 1. The average molecular weight is 367 g/mol. The molecule has 1 heterocycles. The van der Waals surface area contributed by atoms with E-state index in [1.165, 1.54) is 24.6 Å². The Bertz CT molecular complexity index is 695. The van der Waals surface area contributed by atoms with Crippen molar-refractivity contribution in [3.05, 3.63) is 10.5 Å². The lowest BCUT2D eigenvalue weighted by Crippen LogP contribution is -2.47. The van der Waals surface area contributed by atoms with Crippen molar-refractivity contribution in [3.63, 3.8) is 0 Å². The van der Waals surface area contributed by atoms with Crippen molar-refractivity contribution in [2.24, 2.45) is 16.7 Å². The molecule has 3 rings (SSSR count). The van der Waals surface area contributed by atoms with E-state index in [0.29, 0.717) is 28.8 Å². The summed E-state index contributed by atoms with van der Waals surface area (Å²) in [5.41, 5.74) is 0.285. The van der Waals surface area contributed by atoms with Gasteiger partial charge in [-0.05, 0) is 42.4 Å². The zero-order chi connectivity index (χ0) is 18.2. The topological polar surface area (TPSA) is 79.8 Å². The summed E-state index contributed by atoms with van der Waals surface area (Å²) >= 11 is 1.34. The van der Waals surface area contributed by atoms with Gasteiger partial charge in [0, 0.05) is 12.6 Å². The Labute approximate surface area is 153 Å². The lowest BCUT2D eigenvalue weighted by molar-refractivity contribution is -0.120. The van der Waals surface area contributed by atoms with Crippen LogP contribution in [0.4, 0.5) is 0 Å². The number of aromatic amines is 1. The Morgan fingerprint density at radius 3 is 2.80 bits per heavy atom. The number of rotatable bonds is 7. The van der Waals surface area contributed by atoms with Gasteiger partial charge in [-0.15, -0.1) is 5.10 Å². The third-order valence-electron chi connectivity index (χ3n) is 6.92. The molecule has 1 amide bonds. The van der Waals surface area contributed by atoms with E-state index < -0.39 is 0 Å². The van der Waals surface area contributed by atoms with Crippen LogP contribution in [0.3, 0.4) is 0 Å². The predicted octanol–water partition coefficient (Wildman–Crippen LogP) is 2.79. The van der Waals surface area contributed by atoms with Crippen molar-refractivity contribution in [1.82, 2.24) is 20.1 Å². The van der Waals surface area contributed by atoms with Gasteiger partial charge in [0.2, 0.25) is 5.91 Å². The summed E-state index contributed by atoms with van der Waals surface area (Å²) in [5, 5.41) is 10.4. The summed E-state index contributed by atoms with van der Waals surface area (Å²) in [6, 6.07) is 0.260. The molecule has 0 radical (unpaired) electrons. The summed E-state index contributed by atoms with van der Waals surface area (Å²) < 4.78 is 1.63. The highest BCUT2D eigenvalue weighted by Crippen LogP contribution is 2.65. The summed E-state index contributed by atoms with van der Waals surface area (Å²) in [7, 11) is 0. The van der Waals surface area contributed by atoms with E-state index in [9.17, 15) is 9.59 Å². The average Bonchev–Trinajstić information content (AvgIpc) is 3.08. The fourth-order valence-corrected chi connectivity index (χ4v) is 5.50. The molecule has 1 aromatic heterocycles. The van der Waals surface area contributed by atoms with Crippen molar-refractivity contribution < 1.29 is 4.79 Å². The first-order valence-corrected chi connectivity index (χ1v) is 10.4. The number of nitrogens with one attached hydrogen (secondary N) is 2. The van der Waals surface area contributed by atoms with Gasteiger partial charge < -0.3 is 5.32 Å². The highest BCUT2D eigenvalue weighted by Gasteiger charge is 2.61. The van der Waals surface area contributed by atoms with Gasteiger partial charge in [-0.1, -0.05) is 45.9 Å². The molecule has 1 aromatic rings. The lowest BCUT2D eigenvalue weighted by atomic mass is 9.69. The van der Waals surface area contributed by atoms with E-state index in [4.69, 9.17) is 0 Å². The third-order valence-corrected chi connectivity index (χ3v) is 7.90. The van der Waals surface area contributed by atoms with Crippen LogP contribution in [0.5, 0.6) is 0 Å². The van der Waals surface area contributed by atoms with Crippen LogP contribution >= 0.6 is 11.8 Å². The number of thioether (sulfide) groups is 1. The Balaban J connectivity index is 1.57. The molecule has 2 bridgehead atoms. The van der Waals surface area contributed by atoms with E-state index in [1.54, 1.807) is 4.57 Å². The number of carbonyl (C=O) groups excluding carboxylic acids is 1. The number of aromatic nitrogens is 3. The molecular formula is C18H30N4O2S. The Morgan fingerprint density at radius 2 is 2.20 bits per heavy atom. The van der Waals surface area contributed by atoms with Crippen molar-refractivity contribution in [2.45, 2.75) is 77.5 Å². The van der Waals surface area contributed by atoms with Gasteiger partial charge in [0.15, 0.2) is 5.16 Å². The molecule has 2 aliphatic carbocycles. The molecule has 2 aliphatic rings. The van der Waals surface area contributed by atoms with Gasteiger partial charge in [-0.25, -0.2) is 9.89 Å². The monoisotopic (exact) mass is 366 g/mol. The van der Waals surface area contributed by atoms with Gasteiger partial charge in [-0.2, -0.15) is 0 Å². The SMILES string of the molecule is CCCCn1c(SCC(=O)N[C@@H]2C[C@H]3CC[C@@]2(C)C3(C)C)n[nH]c1=O. The van der Waals surface area contributed by atoms with Crippen LogP contribution in [0.25, 0.3) is 0 Å². The standard InChI is InChI=1S/C18H30N4O2S/c1-5-6-9-22-15(24)20-21-16(22)25-11-14(23)19-13-10-12-7-8-18(13,4)17(12,2)3/h12-13H,5-11H2,1-4H3,(H,19,23)(H,20,24)/t12-,13-,18-/m1/s1. The molecule has 25 heavy (non-hydrogen) atoms. The van der Waals surface area contributed by atoms with Crippen LogP contribution < -0.4 is 11.0 Å². The second-order valence-corrected chi connectivity index (χ2v) is 9.28. The maximum atomic E-state index is 12.5. The first-order chi connectivity index (χ1) is 11.8. The number of H-pyrrole nitrogens is 1. The van der Waals surface area contributed by atoms with Crippen molar-refractivity contribution in [1.29, 1.82) is 0 Å². The van der Waals surface area contributed by atoms with Crippen molar-refractivity contribution in [2.75, 3.05) is 5.75 Å². The minimum Gasteiger partial charge on any atom is -0.352 e. The number of carbonyl (C=O) groups is 1. The van der Waals surface area contributed by atoms with Crippen LogP contribution in [0.1, 0.15) is 59.8 Å². The number of amides is 1. The number of nitrogens with zero attached hydrogens (tertiary/aromatic N) is 2. The Morgan fingerprint density at radius 1 is 1.44 bits per heavy atom. The second kappa shape index (κ2) is 6.82. The maximum Gasteiger partial charge on any atom is 0.343 e. The fraction of sp³-hybridized carbons (Fsp3) is 0.833. The number of hydrogen-bond acceptors (Lipinski definition) is 4. The van der Waals surface area contributed by atoms with E-state index in [-0.39, 0.29) is 23.1 Å². The molecule has 7 heteroatoms. The Kier molecular flexibility index (Phi) is 5.06. The molecule has 2 saturated carbocycles. The van der Waals surface area contributed by atoms with Gasteiger partial charge in [0.25, 0.3) is 0 Å². The molecule has 0 aromatic carbocycles. The van der Waals surface area contributed by atoms with Crippen LogP contribution in [-0.4, -0.2) is 32.5 Å². The second-order valence-electron chi connectivity index (χ2n) is 8.34. The first-order valence-electron chi connectivity index (χ1n) is 9.37. The summed E-state index contributed by atoms with van der Waals surface area (Å²) in [6.07, 6.45) is 5.50. The number of fused-ring (bicyclic) bond motifs is 2. The third kappa shape index (κ3) is 3.15. The van der Waals surface area contributed by atoms with E-state index in [0.717, 1.165) is 19.3 Å². The van der Waals surface area contributed by atoms with Gasteiger partial charge in [0.1, 0.15) is 0 Å². The van der Waals surface area contributed by atoms with Crippen LogP contribution in [0.15, 0.2) is 9.95 Å². The molecule has 0 aliphatic heterocycles. The fourth-order valence-electron chi connectivity index (χ4n) is 4.71. The molecule has 6 nitrogen and oxygen atoms in total. The molecule has 2 N–H and O–H groups in total. The summed E-state index contributed by atoms with van der Waals surface area (Å²) in [4.78, 5) is 24.3. The molecule has 0 spiro atoms. The highest BCUT2D eigenvalue weighted by atomic mass is 32.2. The highest BCUT2D eigenvalue weighted by molar-refractivity contribution is 7.99. The lowest BCUT2D eigenvalue weighted by Gasteiger charge is -2.39. The van der Waals surface area contributed by atoms with Crippen LogP contribution in [-0.2, 0) is 11.3 Å². The molecule has 2 fully saturated rings. The Hall–Kier alpha value is -1.24. The maximum absolute atomic E-state index is 12.5. The van der Waals surface area contributed by atoms with Crippen LogP contribution in [0, 0.1) is 16.7 Å². The minimum atomic E-state index is -0.196. The molecular weight excluding hydrogens is 336 g/mol. The smallest absolute Gasteiger partial charge is 0.343 e. The van der Waals surface area contributed by atoms with E-state index in [1.807, 2.05) is 0 Å². The van der Waals surface area contributed by atoms with Crippen molar-refractivity contribution in [3.8, 4) is 0 Å².